The van der Waals surface area contributed by atoms with Crippen LogP contribution in [0, 0.1) is 0 Å². The van der Waals surface area contributed by atoms with Gasteiger partial charge in [-0.25, -0.2) is 0 Å². The van der Waals surface area contributed by atoms with Gasteiger partial charge in [0.2, 0.25) is 5.91 Å². The Morgan fingerprint density at radius 1 is 2.00 bits per heavy atom. The SMILES string of the molecule is COC1(N)CO1. The van der Waals surface area contributed by atoms with Crippen LogP contribution in [0.25, 0.3) is 0 Å². The summed E-state index contributed by atoms with van der Waals surface area (Å²) in [7, 11) is 1.52. The Hall–Kier alpha value is -0.120. The van der Waals surface area contributed by atoms with Gasteiger partial charge >= 0.3 is 0 Å². The second-order valence-electron chi connectivity index (χ2n) is 1.30. The highest BCUT2D eigenvalue weighted by atomic mass is 16.8. The average molecular weight is 89.1 g/mol. The van der Waals surface area contributed by atoms with Gasteiger partial charge in [0.1, 0.15) is 6.61 Å². The molecule has 2 N–H and O–H groups in total. The van der Waals surface area contributed by atoms with Gasteiger partial charge in [-0.2, -0.15) is 0 Å². The molecule has 3 heteroatoms. The molecule has 0 aromatic rings. The van der Waals surface area contributed by atoms with Crippen LogP contribution in [0.3, 0.4) is 0 Å². The predicted octanol–water partition coefficient (Wildman–Crippen LogP) is -0.725. The number of nitrogens with two attached hydrogens (primary N) is 1. The fraction of sp³-hybridized carbons (Fsp3) is 1.00. The summed E-state index contributed by atoms with van der Waals surface area (Å²) in [5.74, 6) is -0.708. The zero-order chi connectivity index (χ0) is 4.62. The standard InChI is InChI=1S/C3H7NO2/c1-5-3(4)2-6-3/h2,4H2,1H3. The summed E-state index contributed by atoms with van der Waals surface area (Å²) in [4.78, 5) is 0. The zero-order valence-corrected chi connectivity index (χ0v) is 3.60. The van der Waals surface area contributed by atoms with E-state index in [4.69, 9.17) is 5.73 Å². The minimum atomic E-state index is -0.708. The molecule has 1 aliphatic rings. The summed E-state index contributed by atoms with van der Waals surface area (Å²) in [6, 6.07) is 0. The van der Waals surface area contributed by atoms with Crippen LogP contribution >= 0.6 is 0 Å². The number of epoxide rings is 1. The molecule has 3 nitrogen and oxygen atoms in total. The summed E-state index contributed by atoms with van der Waals surface area (Å²) >= 11 is 0. The van der Waals surface area contributed by atoms with Crippen molar-refractivity contribution >= 4 is 0 Å². The Morgan fingerprint density at radius 2 is 2.50 bits per heavy atom. The molecule has 0 aromatic carbocycles. The predicted molar refractivity (Wildman–Crippen MR) is 19.9 cm³/mol. The third-order valence-electron chi connectivity index (χ3n) is 0.774. The van der Waals surface area contributed by atoms with Crippen molar-refractivity contribution in [2.24, 2.45) is 5.73 Å². The largest absolute Gasteiger partial charge is 0.339 e. The van der Waals surface area contributed by atoms with E-state index >= 15 is 0 Å². The van der Waals surface area contributed by atoms with Gasteiger partial charge in [0, 0.05) is 7.11 Å². The van der Waals surface area contributed by atoms with E-state index in [-0.39, 0.29) is 0 Å². The van der Waals surface area contributed by atoms with E-state index < -0.39 is 5.91 Å². The Morgan fingerprint density at radius 3 is 2.50 bits per heavy atom. The Bertz CT molecular complexity index is 59.8. The van der Waals surface area contributed by atoms with Crippen molar-refractivity contribution in [3.05, 3.63) is 0 Å². The number of hydrogen-bond acceptors (Lipinski definition) is 3. The monoisotopic (exact) mass is 89.0 g/mol. The van der Waals surface area contributed by atoms with Crippen molar-refractivity contribution in [3.63, 3.8) is 0 Å². The van der Waals surface area contributed by atoms with Crippen molar-refractivity contribution in [2.75, 3.05) is 13.7 Å². The molecular weight excluding hydrogens is 82.0 g/mol. The number of hydrogen-bond donors (Lipinski definition) is 1. The van der Waals surface area contributed by atoms with Gasteiger partial charge in [-0.1, -0.05) is 0 Å². The van der Waals surface area contributed by atoms with Crippen molar-refractivity contribution in [3.8, 4) is 0 Å². The molecule has 0 radical (unpaired) electrons. The zero-order valence-electron chi connectivity index (χ0n) is 3.60. The number of ether oxygens (including phenoxy) is 2. The Balaban J connectivity index is 2.28. The molecule has 0 amide bonds. The lowest BCUT2D eigenvalue weighted by atomic mass is 10.7. The summed E-state index contributed by atoms with van der Waals surface area (Å²) < 4.78 is 9.20. The Kier molecular flexibility index (Phi) is 0.629. The van der Waals surface area contributed by atoms with Crippen LogP contribution in [0.4, 0.5) is 0 Å². The summed E-state index contributed by atoms with van der Waals surface area (Å²) in [5, 5.41) is 0. The van der Waals surface area contributed by atoms with Crippen LogP contribution in [0.2, 0.25) is 0 Å². The van der Waals surface area contributed by atoms with Crippen LogP contribution in [0.15, 0.2) is 0 Å². The van der Waals surface area contributed by atoms with E-state index in [1.54, 1.807) is 0 Å². The van der Waals surface area contributed by atoms with Crippen LogP contribution in [0.5, 0.6) is 0 Å². The van der Waals surface area contributed by atoms with Crippen LogP contribution in [0.1, 0.15) is 0 Å². The molecule has 36 valence electrons. The molecule has 1 aliphatic heterocycles. The lowest BCUT2D eigenvalue weighted by molar-refractivity contribution is -0.00421. The first-order chi connectivity index (χ1) is 2.77. The molecule has 1 saturated heterocycles. The van der Waals surface area contributed by atoms with Crippen LogP contribution in [-0.2, 0) is 9.47 Å². The highest BCUT2D eigenvalue weighted by Gasteiger charge is 2.40. The van der Waals surface area contributed by atoms with Gasteiger partial charge in [-0.15, -0.1) is 0 Å². The molecule has 1 unspecified atom stereocenters. The number of methoxy groups -OCH3 is 1. The lowest BCUT2D eigenvalue weighted by Crippen LogP contribution is -2.25. The van der Waals surface area contributed by atoms with E-state index in [1.165, 1.54) is 7.11 Å². The minimum Gasteiger partial charge on any atom is -0.339 e. The molecule has 1 heterocycles. The van der Waals surface area contributed by atoms with Crippen LogP contribution < -0.4 is 5.73 Å². The molecule has 0 bridgehead atoms. The molecule has 0 aromatic heterocycles. The van der Waals surface area contributed by atoms with Gasteiger partial charge in [0.05, 0.1) is 0 Å². The Labute approximate surface area is 36.0 Å². The summed E-state index contributed by atoms with van der Waals surface area (Å²) in [6.07, 6.45) is 0. The fourth-order valence-electron chi connectivity index (χ4n) is 0.189. The lowest BCUT2D eigenvalue weighted by Gasteiger charge is -1.96. The van der Waals surface area contributed by atoms with Crippen molar-refractivity contribution in [2.45, 2.75) is 5.91 Å². The first kappa shape index (κ1) is 4.05. The van der Waals surface area contributed by atoms with Gasteiger partial charge in [-0.05, 0) is 0 Å². The molecule has 0 saturated carbocycles. The van der Waals surface area contributed by atoms with Gasteiger partial charge in [0.15, 0.2) is 0 Å². The van der Waals surface area contributed by atoms with Gasteiger partial charge in [-0.3, -0.25) is 5.73 Å². The van der Waals surface area contributed by atoms with E-state index in [1.807, 2.05) is 0 Å². The number of rotatable bonds is 1. The molecule has 0 aliphatic carbocycles. The maximum absolute atomic E-state index is 5.20. The fourth-order valence-corrected chi connectivity index (χ4v) is 0.189. The van der Waals surface area contributed by atoms with Crippen molar-refractivity contribution in [1.29, 1.82) is 0 Å². The second kappa shape index (κ2) is 0.932. The summed E-state index contributed by atoms with van der Waals surface area (Å²) in [6.45, 7) is 0.531. The maximum Gasteiger partial charge on any atom is 0.249 e. The summed E-state index contributed by atoms with van der Waals surface area (Å²) in [5.41, 5.74) is 5.20. The average Bonchev–Trinajstić information content (AvgIpc) is 2.22. The normalized spacial score (nSPS) is 43.0. The maximum atomic E-state index is 5.20. The van der Waals surface area contributed by atoms with E-state index in [0.717, 1.165) is 0 Å². The van der Waals surface area contributed by atoms with E-state index in [9.17, 15) is 0 Å². The molecule has 1 rings (SSSR count). The third-order valence-corrected chi connectivity index (χ3v) is 0.774. The highest BCUT2D eigenvalue weighted by Crippen LogP contribution is 2.18. The molecule has 1 atom stereocenters. The van der Waals surface area contributed by atoms with Gasteiger partial charge < -0.3 is 9.47 Å². The first-order valence-corrected chi connectivity index (χ1v) is 1.75. The van der Waals surface area contributed by atoms with E-state index in [2.05, 4.69) is 9.47 Å². The third kappa shape index (κ3) is 0.518. The highest BCUT2D eigenvalue weighted by molar-refractivity contribution is 4.71. The first-order valence-electron chi connectivity index (χ1n) is 1.75. The van der Waals surface area contributed by atoms with Crippen LogP contribution in [-0.4, -0.2) is 19.6 Å². The van der Waals surface area contributed by atoms with Crippen molar-refractivity contribution in [1.82, 2.24) is 0 Å². The minimum absolute atomic E-state index is 0.531. The van der Waals surface area contributed by atoms with Crippen molar-refractivity contribution < 1.29 is 9.47 Å². The smallest absolute Gasteiger partial charge is 0.249 e. The van der Waals surface area contributed by atoms with E-state index in [0.29, 0.717) is 6.61 Å². The molecule has 1 fully saturated rings. The topological polar surface area (TPSA) is 47.8 Å². The molecule has 0 spiro atoms. The quantitative estimate of drug-likeness (QED) is 0.340. The molecule has 6 heavy (non-hydrogen) atoms. The second-order valence-corrected chi connectivity index (χ2v) is 1.30. The molecular formula is C3H7NO2. The van der Waals surface area contributed by atoms with Gasteiger partial charge in [0.25, 0.3) is 0 Å².